The minimum Gasteiger partial charge on any atom is -0.493 e. The highest BCUT2D eigenvalue weighted by molar-refractivity contribution is 7.17. The summed E-state index contributed by atoms with van der Waals surface area (Å²) in [6.45, 7) is 1.94. The Labute approximate surface area is 149 Å². The zero-order valence-corrected chi connectivity index (χ0v) is 15.0. The normalized spacial score (nSPS) is 16.4. The van der Waals surface area contributed by atoms with Gasteiger partial charge in [0, 0.05) is 5.56 Å². The number of fused-ring (bicyclic) bond motifs is 1. The molecule has 4 rings (SSSR count). The minimum absolute atomic E-state index is 0.124. The number of thiazole rings is 1. The summed E-state index contributed by atoms with van der Waals surface area (Å²) in [5.74, 6) is 1.52. The number of methoxy groups -OCH3 is 2. The highest BCUT2D eigenvalue weighted by Crippen LogP contribution is 2.45. The van der Waals surface area contributed by atoms with Gasteiger partial charge in [-0.1, -0.05) is 23.5 Å². The summed E-state index contributed by atoms with van der Waals surface area (Å²) < 4.78 is 12.6. The van der Waals surface area contributed by atoms with Gasteiger partial charge >= 0.3 is 0 Å². The monoisotopic (exact) mass is 360 g/mol. The van der Waals surface area contributed by atoms with Gasteiger partial charge in [0.15, 0.2) is 11.5 Å². The number of hydrogen-bond acceptors (Lipinski definition) is 7. The molecule has 1 saturated heterocycles. The molecule has 1 aliphatic rings. The Morgan fingerprint density at radius 3 is 2.68 bits per heavy atom. The molecule has 0 amide bonds. The minimum atomic E-state index is -0.124. The van der Waals surface area contributed by atoms with E-state index in [1.807, 2.05) is 18.2 Å². The number of aromatic hydroxyl groups is 1. The van der Waals surface area contributed by atoms with E-state index in [1.165, 1.54) is 22.2 Å². The van der Waals surface area contributed by atoms with Crippen molar-refractivity contribution in [3.63, 3.8) is 0 Å². The van der Waals surface area contributed by atoms with Gasteiger partial charge in [-0.2, -0.15) is 9.61 Å². The van der Waals surface area contributed by atoms with E-state index in [9.17, 15) is 5.11 Å². The van der Waals surface area contributed by atoms with Gasteiger partial charge in [0.05, 0.1) is 25.1 Å². The number of ether oxygens (including phenoxy) is 2. The molecule has 1 aliphatic heterocycles. The van der Waals surface area contributed by atoms with Crippen LogP contribution >= 0.6 is 11.3 Å². The molecule has 3 aromatic rings. The Kier molecular flexibility index (Phi) is 4.22. The van der Waals surface area contributed by atoms with Crippen molar-refractivity contribution < 1.29 is 14.6 Å². The molecule has 0 spiro atoms. The fourth-order valence-corrected chi connectivity index (χ4v) is 4.59. The molecule has 3 heterocycles. The van der Waals surface area contributed by atoms with E-state index < -0.39 is 0 Å². The molecule has 7 nitrogen and oxygen atoms in total. The van der Waals surface area contributed by atoms with E-state index >= 15 is 0 Å². The van der Waals surface area contributed by atoms with Crippen LogP contribution in [-0.2, 0) is 0 Å². The molecule has 1 fully saturated rings. The largest absolute Gasteiger partial charge is 0.493 e. The molecule has 1 N–H and O–H groups in total. The second kappa shape index (κ2) is 6.53. The summed E-state index contributed by atoms with van der Waals surface area (Å²) in [6.07, 6.45) is 3.74. The highest BCUT2D eigenvalue weighted by atomic mass is 32.1. The van der Waals surface area contributed by atoms with Gasteiger partial charge in [-0.15, -0.1) is 0 Å². The third-order valence-corrected chi connectivity index (χ3v) is 5.71. The quantitative estimate of drug-likeness (QED) is 0.754. The predicted molar refractivity (Wildman–Crippen MR) is 94.7 cm³/mol. The summed E-state index contributed by atoms with van der Waals surface area (Å²) in [7, 11) is 3.28. The van der Waals surface area contributed by atoms with Gasteiger partial charge < -0.3 is 14.6 Å². The Bertz CT molecular complexity index is 885. The van der Waals surface area contributed by atoms with E-state index in [0.29, 0.717) is 16.5 Å². The fourth-order valence-electron chi connectivity index (χ4n) is 3.50. The molecule has 0 radical (unpaired) electrons. The Morgan fingerprint density at radius 2 is 2.00 bits per heavy atom. The predicted octanol–water partition coefficient (Wildman–Crippen LogP) is 2.70. The van der Waals surface area contributed by atoms with Gasteiger partial charge in [0.25, 0.3) is 0 Å². The van der Waals surface area contributed by atoms with E-state index in [4.69, 9.17) is 9.47 Å². The van der Waals surface area contributed by atoms with Crippen molar-refractivity contribution in [2.24, 2.45) is 0 Å². The van der Waals surface area contributed by atoms with Crippen molar-refractivity contribution in [1.82, 2.24) is 19.5 Å². The molecule has 0 bridgehead atoms. The molecule has 25 heavy (non-hydrogen) atoms. The fraction of sp³-hybridized carbons (Fsp3) is 0.412. The van der Waals surface area contributed by atoms with Gasteiger partial charge in [-0.3, -0.25) is 4.90 Å². The lowest BCUT2D eigenvalue weighted by atomic mass is 10.0. The number of aromatic nitrogens is 3. The topological polar surface area (TPSA) is 72.1 Å². The molecule has 0 aliphatic carbocycles. The molecular formula is C17H20N4O3S. The Morgan fingerprint density at radius 1 is 1.20 bits per heavy atom. The van der Waals surface area contributed by atoms with Gasteiger partial charge in [-0.05, 0) is 32.0 Å². The summed E-state index contributed by atoms with van der Waals surface area (Å²) in [6, 6.07) is 5.74. The van der Waals surface area contributed by atoms with Crippen LogP contribution in [0.4, 0.5) is 0 Å². The summed E-state index contributed by atoms with van der Waals surface area (Å²) >= 11 is 1.45. The van der Waals surface area contributed by atoms with Crippen LogP contribution in [-0.4, -0.2) is 51.9 Å². The molecule has 2 aromatic heterocycles. The Balaban J connectivity index is 1.90. The van der Waals surface area contributed by atoms with Gasteiger partial charge in [-0.25, -0.2) is 4.98 Å². The Hall–Kier alpha value is -2.32. The summed E-state index contributed by atoms with van der Waals surface area (Å²) in [4.78, 5) is 8.08. The number of rotatable bonds is 5. The van der Waals surface area contributed by atoms with Crippen LogP contribution in [0.3, 0.4) is 0 Å². The average Bonchev–Trinajstić information content (AvgIpc) is 3.36. The van der Waals surface area contributed by atoms with Crippen molar-refractivity contribution in [3.8, 4) is 17.4 Å². The number of hydrogen-bond donors (Lipinski definition) is 1. The van der Waals surface area contributed by atoms with E-state index in [-0.39, 0.29) is 11.9 Å². The van der Waals surface area contributed by atoms with Crippen LogP contribution < -0.4 is 9.47 Å². The van der Waals surface area contributed by atoms with Crippen LogP contribution in [0.25, 0.3) is 4.96 Å². The third kappa shape index (κ3) is 2.61. The SMILES string of the molecule is COc1cccc([C@@H](c2sc3ncnn3c2O)N2CCCC2)c1OC. The number of likely N-dealkylation sites (tertiary alicyclic amines) is 1. The summed E-state index contributed by atoms with van der Waals surface area (Å²) in [5.41, 5.74) is 0.976. The van der Waals surface area contributed by atoms with Gasteiger partial charge in [0.1, 0.15) is 6.33 Å². The molecule has 0 saturated carbocycles. The zero-order valence-electron chi connectivity index (χ0n) is 14.2. The average molecular weight is 360 g/mol. The van der Waals surface area contributed by atoms with Gasteiger partial charge in [0.2, 0.25) is 10.8 Å². The zero-order chi connectivity index (χ0) is 17.4. The molecule has 0 unspecified atom stereocenters. The highest BCUT2D eigenvalue weighted by Gasteiger charge is 2.33. The molecular weight excluding hydrogens is 340 g/mol. The van der Waals surface area contributed by atoms with Crippen molar-refractivity contribution in [2.75, 3.05) is 27.3 Å². The van der Waals surface area contributed by atoms with Crippen molar-refractivity contribution in [1.29, 1.82) is 0 Å². The van der Waals surface area contributed by atoms with Crippen LogP contribution in [0, 0.1) is 0 Å². The van der Waals surface area contributed by atoms with E-state index in [2.05, 4.69) is 15.0 Å². The van der Waals surface area contributed by atoms with Crippen LogP contribution in [0.2, 0.25) is 0 Å². The second-order valence-electron chi connectivity index (χ2n) is 5.97. The first-order valence-corrected chi connectivity index (χ1v) is 9.02. The second-order valence-corrected chi connectivity index (χ2v) is 6.98. The molecule has 132 valence electrons. The molecule has 8 heteroatoms. The maximum absolute atomic E-state index is 10.7. The first-order chi connectivity index (χ1) is 12.2. The maximum Gasteiger partial charge on any atom is 0.230 e. The van der Waals surface area contributed by atoms with Crippen LogP contribution in [0.5, 0.6) is 17.4 Å². The smallest absolute Gasteiger partial charge is 0.230 e. The number of nitrogens with zero attached hydrogens (tertiary/aromatic N) is 4. The van der Waals surface area contributed by atoms with E-state index in [1.54, 1.807) is 14.2 Å². The molecule has 1 aromatic carbocycles. The van der Waals surface area contributed by atoms with Crippen molar-refractivity contribution in [2.45, 2.75) is 18.9 Å². The number of para-hydroxylation sites is 1. The van der Waals surface area contributed by atoms with E-state index in [0.717, 1.165) is 36.4 Å². The lowest BCUT2D eigenvalue weighted by Gasteiger charge is -2.28. The van der Waals surface area contributed by atoms with Crippen LogP contribution in [0.15, 0.2) is 24.5 Å². The van der Waals surface area contributed by atoms with Crippen molar-refractivity contribution in [3.05, 3.63) is 35.0 Å². The summed E-state index contributed by atoms with van der Waals surface area (Å²) in [5, 5.41) is 14.8. The lowest BCUT2D eigenvalue weighted by Crippen LogP contribution is -2.26. The van der Waals surface area contributed by atoms with Crippen molar-refractivity contribution >= 4 is 16.3 Å². The lowest BCUT2D eigenvalue weighted by molar-refractivity contribution is 0.267. The first-order valence-electron chi connectivity index (χ1n) is 8.21. The standard InChI is InChI=1S/C17H20N4O3S/c1-23-12-7-5-6-11(14(12)24-2)13(20-8-3-4-9-20)15-16(22)21-17(25-15)18-10-19-21/h5-7,10,13,22H,3-4,8-9H2,1-2H3/t13-/m0/s1. The third-order valence-electron chi connectivity index (χ3n) is 4.62. The maximum atomic E-state index is 10.7. The van der Waals surface area contributed by atoms with Crippen LogP contribution in [0.1, 0.15) is 29.3 Å². The first kappa shape index (κ1) is 16.2. The number of benzene rings is 1. The molecule has 1 atom stereocenters.